The number of benzene rings is 1. The van der Waals surface area contributed by atoms with Gasteiger partial charge in [0.15, 0.2) is 0 Å². The first-order valence-electron chi connectivity index (χ1n) is 3.46. The lowest BCUT2D eigenvalue weighted by Crippen LogP contribution is -2.01. The average molecular weight is 151 g/mol. The Kier molecular flexibility index (Phi) is 6.24. The van der Waals surface area contributed by atoms with Gasteiger partial charge >= 0.3 is 0 Å². The maximum atomic E-state index is 8.00. The highest BCUT2D eigenvalue weighted by Crippen LogP contribution is 1.96. The Hall–Kier alpha value is -1.15. The number of carbonyl (C=O) groups is 1. The summed E-state index contributed by atoms with van der Waals surface area (Å²) in [6, 6.07) is 10.3. The lowest BCUT2D eigenvalue weighted by molar-refractivity contribution is -0.0979. The van der Waals surface area contributed by atoms with Gasteiger partial charge in [-0.05, 0) is 18.5 Å². The third-order valence-corrected chi connectivity index (χ3v) is 1.28. The van der Waals surface area contributed by atoms with Crippen LogP contribution in [-0.4, -0.2) is 13.3 Å². The van der Waals surface area contributed by atoms with Gasteiger partial charge in [-0.15, -0.1) is 0 Å². The smallest absolute Gasteiger partial charge is 0.106 e. The predicted octanol–water partition coefficient (Wildman–Crippen LogP) is 1.00. The van der Waals surface area contributed by atoms with E-state index in [1.165, 1.54) is 5.56 Å². The number of nitrogens with two attached hydrogens (primary N) is 1. The van der Waals surface area contributed by atoms with E-state index < -0.39 is 0 Å². The Morgan fingerprint density at radius 2 is 1.73 bits per heavy atom. The highest BCUT2D eigenvalue weighted by atomic mass is 16.1. The molecule has 0 radical (unpaired) electrons. The van der Waals surface area contributed by atoms with Crippen LogP contribution in [0.25, 0.3) is 0 Å². The first-order chi connectivity index (χ1) is 5.43. The Labute approximate surface area is 67.0 Å². The summed E-state index contributed by atoms with van der Waals surface area (Å²) in [7, 11) is 0. The van der Waals surface area contributed by atoms with Crippen LogP contribution in [0.4, 0.5) is 0 Å². The molecule has 0 spiro atoms. The number of hydrogen-bond donors (Lipinski definition) is 1. The van der Waals surface area contributed by atoms with Gasteiger partial charge < -0.3 is 10.5 Å². The molecule has 0 aromatic heterocycles. The van der Waals surface area contributed by atoms with Gasteiger partial charge in [0, 0.05) is 0 Å². The molecule has 11 heavy (non-hydrogen) atoms. The van der Waals surface area contributed by atoms with Gasteiger partial charge in [0.05, 0.1) is 0 Å². The lowest BCUT2D eigenvalue weighted by Gasteiger charge is -1.93. The minimum absolute atomic E-state index is 0.740. The molecule has 0 amide bonds. The van der Waals surface area contributed by atoms with Gasteiger partial charge in [0.25, 0.3) is 0 Å². The van der Waals surface area contributed by atoms with E-state index in [-0.39, 0.29) is 0 Å². The minimum Gasteiger partial charge on any atom is -0.330 e. The molecule has 0 atom stereocenters. The largest absolute Gasteiger partial charge is 0.330 e. The van der Waals surface area contributed by atoms with Crippen molar-refractivity contribution in [2.75, 3.05) is 6.54 Å². The monoisotopic (exact) mass is 151 g/mol. The molecule has 0 bridgehead atoms. The van der Waals surface area contributed by atoms with E-state index in [0.29, 0.717) is 0 Å². The molecule has 2 nitrogen and oxygen atoms in total. The van der Waals surface area contributed by atoms with E-state index in [1.807, 2.05) is 25.0 Å². The zero-order valence-electron chi connectivity index (χ0n) is 6.49. The number of rotatable bonds is 2. The summed E-state index contributed by atoms with van der Waals surface area (Å²) in [5.41, 5.74) is 6.68. The Balaban J connectivity index is 0.000000461. The summed E-state index contributed by atoms with van der Waals surface area (Å²) in [4.78, 5) is 8.00. The fraction of sp³-hybridized carbons (Fsp3) is 0.222. The van der Waals surface area contributed by atoms with Gasteiger partial charge in [-0.2, -0.15) is 0 Å². The van der Waals surface area contributed by atoms with E-state index in [1.54, 1.807) is 0 Å². The van der Waals surface area contributed by atoms with Crippen molar-refractivity contribution in [3.8, 4) is 0 Å². The summed E-state index contributed by atoms with van der Waals surface area (Å²) in [6.45, 7) is 2.74. The molecular formula is C9H13NO. The van der Waals surface area contributed by atoms with Crippen molar-refractivity contribution < 1.29 is 4.79 Å². The zero-order chi connectivity index (χ0) is 8.53. The summed E-state index contributed by atoms with van der Waals surface area (Å²) in [5, 5.41) is 0. The van der Waals surface area contributed by atoms with Crippen LogP contribution in [0.15, 0.2) is 30.3 Å². The molecule has 0 aliphatic carbocycles. The molecular weight excluding hydrogens is 138 g/mol. The SMILES string of the molecule is C=O.NCCc1ccccc1. The van der Waals surface area contributed by atoms with E-state index in [2.05, 4.69) is 12.1 Å². The topological polar surface area (TPSA) is 43.1 Å². The standard InChI is InChI=1S/C8H11N.CH2O/c9-7-6-8-4-2-1-3-5-8;1-2/h1-5H,6-7,9H2;1H2. The van der Waals surface area contributed by atoms with Crippen LogP contribution in [0.3, 0.4) is 0 Å². The molecule has 2 heteroatoms. The minimum atomic E-state index is 0.740. The molecule has 0 saturated heterocycles. The molecule has 0 fully saturated rings. The van der Waals surface area contributed by atoms with Gasteiger partial charge in [-0.1, -0.05) is 30.3 Å². The van der Waals surface area contributed by atoms with Crippen LogP contribution in [0.5, 0.6) is 0 Å². The molecule has 2 N–H and O–H groups in total. The summed E-state index contributed by atoms with van der Waals surface area (Å²) in [6.07, 6.45) is 0.987. The van der Waals surface area contributed by atoms with E-state index in [0.717, 1.165) is 13.0 Å². The van der Waals surface area contributed by atoms with E-state index in [9.17, 15) is 0 Å². The molecule has 60 valence electrons. The van der Waals surface area contributed by atoms with E-state index in [4.69, 9.17) is 10.5 Å². The molecule has 1 aromatic rings. The van der Waals surface area contributed by atoms with Crippen molar-refractivity contribution in [2.24, 2.45) is 5.73 Å². The van der Waals surface area contributed by atoms with E-state index >= 15 is 0 Å². The zero-order valence-corrected chi connectivity index (χ0v) is 6.49. The Bertz CT molecular complexity index is 174. The molecule has 0 heterocycles. The van der Waals surface area contributed by atoms with Crippen LogP contribution >= 0.6 is 0 Å². The van der Waals surface area contributed by atoms with Crippen molar-refractivity contribution in [3.05, 3.63) is 35.9 Å². The number of hydrogen-bond acceptors (Lipinski definition) is 2. The van der Waals surface area contributed by atoms with Crippen LogP contribution < -0.4 is 5.73 Å². The highest BCUT2D eigenvalue weighted by molar-refractivity contribution is 5.14. The van der Waals surface area contributed by atoms with Crippen molar-refractivity contribution in [3.63, 3.8) is 0 Å². The lowest BCUT2D eigenvalue weighted by atomic mass is 10.2. The Morgan fingerprint density at radius 3 is 2.18 bits per heavy atom. The molecule has 1 aromatic carbocycles. The second-order valence-electron chi connectivity index (χ2n) is 2.02. The normalized spacial score (nSPS) is 8.09. The van der Waals surface area contributed by atoms with Crippen LogP contribution in [0, 0.1) is 0 Å². The van der Waals surface area contributed by atoms with Crippen molar-refractivity contribution in [1.29, 1.82) is 0 Å². The fourth-order valence-corrected chi connectivity index (χ4v) is 0.811. The molecule has 0 aliphatic heterocycles. The summed E-state index contributed by atoms with van der Waals surface area (Å²) in [5.74, 6) is 0. The first-order valence-corrected chi connectivity index (χ1v) is 3.46. The van der Waals surface area contributed by atoms with Crippen molar-refractivity contribution >= 4 is 6.79 Å². The van der Waals surface area contributed by atoms with Gasteiger partial charge in [-0.25, -0.2) is 0 Å². The second-order valence-corrected chi connectivity index (χ2v) is 2.02. The molecule has 0 aliphatic rings. The Morgan fingerprint density at radius 1 is 1.18 bits per heavy atom. The molecule has 0 saturated carbocycles. The third-order valence-electron chi connectivity index (χ3n) is 1.28. The van der Waals surface area contributed by atoms with Gasteiger partial charge in [-0.3, -0.25) is 0 Å². The van der Waals surface area contributed by atoms with Crippen LogP contribution in [0.1, 0.15) is 5.56 Å². The predicted molar refractivity (Wildman–Crippen MR) is 46.3 cm³/mol. The average Bonchev–Trinajstić information content (AvgIpc) is 2.11. The second kappa shape index (κ2) is 6.96. The summed E-state index contributed by atoms with van der Waals surface area (Å²) < 4.78 is 0. The fourth-order valence-electron chi connectivity index (χ4n) is 0.811. The first kappa shape index (κ1) is 9.85. The number of carbonyl (C=O) groups excluding carboxylic acids is 1. The quantitative estimate of drug-likeness (QED) is 0.685. The maximum absolute atomic E-state index is 8.00. The van der Waals surface area contributed by atoms with Crippen molar-refractivity contribution in [2.45, 2.75) is 6.42 Å². The van der Waals surface area contributed by atoms with Crippen LogP contribution in [0.2, 0.25) is 0 Å². The highest BCUT2D eigenvalue weighted by Gasteiger charge is 1.84. The summed E-state index contributed by atoms with van der Waals surface area (Å²) >= 11 is 0. The third kappa shape index (κ3) is 4.28. The molecule has 1 rings (SSSR count). The maximum Gasteiger partial charge on any atom is 0.106 e. The molecule has 0 unspecified atom stereocenters. The van der Waals surface area contributed by atoms with Crippen molar-refractivity contribution in [1.82, 2.24) is 0 Å². The van der Waals surface area contributed by atoms with Gasteiger partial charge in [0.1, 0.15) is 6.79 Å². The van der Waals surface area contributed by atoms with Crippen LogP contribution in [-0.2, 0) is 11.2 Å². The van der Waals surface area contributed by atoms with Gasteiger partial charge in [0.2, 0.25) is 0 Å².